The molecule has 246 valence electrons. The van der Waals surface area contributed by atoms with E-state index in [1.165, 1.54) is 6.20 Å². The van der Waals surface area contributed by atoms with Crippen molar-refractivity contribution in [3.63, 3.8) is 0 Å². The van der Waals surface area contributed by atoms with Gasteiger partial charge in [-0.15, -0.1) is 0 Å². The van der Waals surface area contributed by atoms with E-state index >= 15 is 0 Å². The largest absolute Gasteiger partial charge is 0.497 e. The summed E-state index contributed by atoms with van der Waals surface area (Å²) in [7, 11) is 3.39. The monoisotopic (exact) mass is 657 g/mol. The molecule has 3 aromatic carbocycles. The first kappa shape index (κ1) is 32.1. The van der Waals surface area contributed by atoms with Crippen LogP contribution in [0.2, 0.25) is 0 Å². The number of piperazine rings is 1. The number of alkyl halides is 3. The minimum Gasteiger partial charge on any atom is -0.497 e. The molecule has 6 rings (SSSR count). The summed E-state index contributed by atoms with van der Waals surface area (Å²) in [6.07, 6.45) is -3.11. The summed E-state index contributed by atoms with van der Waals surface area (Å²) in [4.78, 5) is 46.6. The second-order valence-electron chi connectivity index (χ2n) is 11.1. The maximum atomic E-state index is 13.5. The zero-order chi connectivity index (χ0) is 34.0. The number of pyridine rings is 1. The van der Waals surface area contributed by atoms with E-state index in [1.807, 2.05) is 17.7 Å². The van der Waals surface area contributed by atoms with Crippen molar-refractivity contribution < 1.29 is 37.0 Å². The number of amides is 3. The zero-order valence-electron chi connectivity index (χ0n) is 26.0. The quantitative estimate of drug-likeness (QED) is 0.222. The number of methoxy groups -OCH3 is 1. The van der Waals surface area contributed by atoms with Crippen LogP contribution < -0.4 is 14.8 Å². The molecule has 0 unspecified atom stereocenters. The predicted molar refractivity (Wildman–Crippen MR) is 171 cm³/mol. The number of hydrogen-bond donors (Lipinski definition) is 1. The lowest BCUT2D eigenvalue weighted by atomic mass is 10.1. The molecule has 5 aromatic rings. The molecular formula is C35H30F3N5O5. The first-order valence-electron chi connectivity index (χ1n) is 14.9. The lowest BCUT2D eigenvalue weighted by molar-refractivity contribution is -0.137. The van der Waals surface area contributed by atoms with Crippen LogP contribution in [0.1, 0.15) is 36.8 Å². The smallest absolute Gasteiger partial charge is 0.416 e. The van der Waals surface area contributed by atoms with Crippen molar-refractivity contribution in [1.82, 2.24) is 19.4 Å². The Labute approximate surface area is 273 Å². The van der Waals surface area contributed by atoms with Crippen molar-refractivity contribution in [3.8, 4) is 17.4 Å². The van der Waals surface area contributed by atoms with E-state index in [4.69, 9.17) is 9.47 Å². The number of ether oxygens (including phenoxy) is 2. The highest BCUT2D eigenvalue weighted by atomic mass is 19.4. The van der Waals surface area contributed by atoms with Crippen LogP contribution in [0.15, 0.2) is 91.1 Å². The van der Waals surface area contributed by atoms with Gasteiger partial charge >= 0.3 is 6.18 Å². The highest BCUT2D eigenvalue weighted by Crippen LogP contribution is 2.30. The molecule has 3 amide bonds. The summed E-state index contributed by atoms with van der Waals surface area (Å²) < 4.78 is 51.3. The second-order valence-corrected chi connectivity index (χ2v) is 11.1. The average Bonchev–Trinajstić information content (AvgIpc) is 3.43. The van der Waals surface area contributed by atoms with Crippen LogP contribution in [0.3, 0.4) is 0 Å². The molecular weight excluding hydrogens is 627 g/mol. The van der Waals surface area contributed by atoms with Gasteiger partial charge in [0.05, 0.1) is 24.6 Å². The van der Waals surface area contributed by atoms with Gasteiger partial charge in [0.1, 0.15) is 17.2 Å². The molecule has 48 heavy (non-hydrogen) atoms. The Balaban J connectivity index is 1.06. The number of aromatic nitrogens is 2. The van der Waals surface area contributed by atoms with Crippen molar-refractivity contribution in [2.24, 2.45) is 7.05 Å². The Morgan fingerprint density at radius 2 is 1.40 bits per heavy atom. The number of aryl methyl sites for hydroxylation is 1. The molecule has 1 fully saturated rings. The van der Waals surface area contributed by atoms with E-state index in [-0.39, 0.29) is 23.3 Å². The van der Waals surface area contributed by atoms with E-state index < -0.39 is 17.6 Å². The third-order valence-corrected chi connectivity index (χ3v) is 8.12. The number of nitrogens with zero attached hydrogens (tertiary/aromatic N) is 4. The number of carbonyl (C=O) groups excluding carboxylic acids is 3. The molecule has 13 heteroatoms. The van der Waals surface area contributed by atoms with E-state index in [2.05, 4.69) is 10.3 Å². The zero-order valence-corrected chi connectivity index (χ0v) is 26.0. The summed E-state index contributed by atoms with van der Waals surface area (Å²) in [5.41, 5.74) is 1.46. The predicted octanol–water partition coefficient (Wildman–Crippen LogP) is 6.24. The van der Waals surface area contributed by atoms with Gasteiger partial charge in [-0.2, -0.15) is 13.2 Å². The first-order chi connectivity index (χ1) is 23.0. The molecule has 1 aliphatic heterocycles. The maximum Gasteiger partial charge on any atom is 0.416 e. The number of anilines is 1. The number of nitrogens with one attached hydrogen (secondary N) is 1. The molecule has 0 bridgehead atoms. The highest BCUT2D eigenvalue weighted by Gasteiger charge is 2.30. The fourth-order valence-electron chi connectivity index (χ4n) is 5.44. The molecule has 3 heterocycles. The van der Waals surface area contributed by atoms with Gasteiger partial charge in [-0.05, 0) is 78.9 Å². The van der Waals surface area contributed by atoms with Crippen molar-refractivity contribution in [1.29, 1.82) is 0 Å². The summed E-state index contributed by atoms with van der Waals surface area (Å²) in [6, 6.07) is 21.2. The Hall–Kier alpha value is -5.85. The normalized spacial score (nSPS) is 13.4. The summed E-state index contributed by atoms with van der Waals surface area (Å²) >= 11 is 0. The standard InChI is InChI=1S/C35H30F3N5O5/c1-41-29-13-12-28(48-31-14-9-26(21-39-31)40-32(44)22-3-7-25(8-4-22)35(36,37)38)19-24(29)20-30(41)34(46)43-17-15-42(16-18-43)33(45)23-5-10-27(47-2)11-6-23/h3-14,19-21H,15-18H2,1-2H3,(H,40,44). The van der Waals surface area contributed by atoms with Crippen LogP contribution in [0.4, 0.5) is 18.9 Å². The van der Waals surface area contributed by atoms with Crippen molar-refractivity contribution >= 4 is 34.3 Å². The SMILES string of the molecule is COc1ccc(C(=O)N2CCN(C(=O)c3cc4cc(Oc5ccc(NC(=O)c6ccc(C(F)(F)F)cc6)cn5)ccc4n3C)CC2)cc1. The number of fused-ring (bicyclic) bond motifs is 1. The Bertz CT molecular complexity index is 1970. The number of carbonyl (C=O) groups is 3. The van der Waals surface area contributed by atoms with Gasteiger partial charge in [0.25, 0.3) is 17.7 Å². The number of benzene rings is 3. The maximum absolute atomic E-state index is 13.5. The van der Waals surface area contributed by atoms with Crippen LogP contribution in [0, 0.1) is 0 Å². The molecule has 1 saturated heterocycles. The number of hydrogen-bond acceptors (Lipinski definition) is 6. The Kier molecular flexibility index (Phi) is 8.76. The fraction of sp³-hybridized carbons (Fsp3) is 0.200. The van der Waals surface area contributed by atoms with Crippen LogP contribution in [-0.2, 0) is 13.2 Å². The molecule has 1 aliphatic rings. The minimum absolute atomic E-state index is 0.0689. The van der Waals surface area contributed by atoms with Crippen molar-refractivity contribution in [2.75, 3.05) is 38.6 Å². The van der Waals surface area contributed by atoms with Crippen molar-refractivity contribution in [2.45, 2.75) is 6.18 Å². The highest BCUT2D eigenvalue weighted by molar-refractivity contribution is 6.04. The third-order valence-electron chi connectivity index (χ3n) is 8.12. The van der Waals surface area contributed by atoms with Crippen LogP contribution in [0.25, 0.3) is 10.9 Å². The van der Waals surface area contributed by atoms with Gasteiger partial charge in [-0.1, -0.05) is 0 Å². The van der Waals surface area contributed by atoms with Gasteiger partial charge in [0.2, 0.25) is 5.88 Å². The van der Waals surface area contributed by atoms with E-state index in [1.54, 1.807) is 71.5 Å². The van der Waals surface area contributed by atoms with Crippen molar-refractivity contribution in [3.05, 3.63) is 114 Å². The number of halogens is 3. The summed E-state index contributed by atoms with van der Waals surface area (Å²) in [6.45, 7) is 1.65. The summed E-state index contributed by atoms with van der Waals surface area (Å²) in [5, 5.41) is 3.38. The third kappa shape index (κ3) is 6.80. The lowest BCUT2D eigenvalue weighted by Crippen LogP contribution is -2.50. The topological polar surface area (TPSA) is 106 Å². The van der Waals surface area contributed by atoms with Gasteiger partial charge in [-0.3, -0.25) is 14.4 Å². The lowest BCUT2D eigenvalue weighted by Gasteiger charge is -2.34. The van der Waals surface area contributed by atoms with Crippen LogP contribution in [-0.4, -0.2) is 70.4 Å². The Morgan fingerprint density at radius 1 is 0.771 bits per heavy atom. The number of rotatable bonds is 7. The van der Waals surface area contributed by atoms with E-state index in [9.17, 15) is 27.6 Å². The molecule has 0 atom stereocenters. The summed E-state index contributed by atoms with van der Waals surface area (Å²) in [5.74, 6) is 0.593. The average molecular weight is 658 g/mol. The van der Waals surface area contributed by atoms with Gasteiger partial charge < -0.3 is 29.2 Å². The molecule has 2 aromatic heterocycles. The molecule has 10 nitrogen and oxygen atoms in total. The van der Waals surface area contributed by atoms with E-state index in [0.29, 0.717) is 54.6 Å². The molecule has 0 radical (unpaired) electrons. The van der Waals surface area contributed by atoms with Gasteiger partial charge in [0, 0.05) is 61.3 Å². The second kappa shape index (κ2) is 13.1. The molecule has 0 spiro atoms. The van der Waals surface area contributed by atoms with Gasteiger partial charge in [0.15, 0.2) is 0 Å². The fourth-order valence-corrected chi connectivity index (χ4v) is 5.44. The first-order valence-corrected chi connectivity index (χ1v) is 14.9. The molecule has 0 saturated carbocycles. The van der Waals surface area contributed by atoms with Crippen LogP contribution in [0.5, 0.6) is 17.4 Å². The molecule has 1 N–H and O–H groups in total. The van der Waals surface area contributed by atoms with E-state index in [0.717, 1.165) is 35.2 Å². The van der Waals surface area contributed by atoms with Gasteiger partial charge in [-0.25, -0.2) is 4.98 Å². The Morgan fingerprint density at radius 3 is 2.00 bits per heavy atom. The van der Waals surface area contributed by atoms with Crippen LogP contribution >= 0.6 is 0 Å². The molecule has 0 aliphatic carbocycles. The minimum atomic E-state index is -4.49.